The van der Waals surface area contributed by atoms with Gasteiger partial charge in [0.25, 0.3) is 0 Å². The Morgan fingerprint density at radius 2 is 2.13 bits per heavy atom. The molecule has 0 spiro atoms. The number of carbonyl (C=O) groups is 1. The Morgan fingerprint density at radius 3 is 2.70 bits per heavy atom. The highest BCUT2D eigenvalue weighted by atomic mass is 19.4. The number of nitrogens with one attached hydrogen (secondary N) is 1. The van der Waals surface area contributed by atoms with Crippen LogP contribution in [0.4, 0.5) is 23.7 Å². The van der Waals surface area contributed by atoms with Gasteiger partial charge in [-0.15, -0.1) is 0 Å². The zero-order valence-corrected chi connectivity index (χ0v) is 13.4. The van der Waals surface area contributed by atoms with E-state index in [4.69, 9.17) is 4.52 Å². The van der Waals surface area contributed by atoms with E-state index >= 15 is 0 Å². The quantitative estimate of drug-likeness (QED) is 0.923. The first-order chi connectivity index (χ1) is 10.7. The van der Waals surface area contributed by atoms with E-state index in [9.17, 15) is 18.0 Å². The Bertz CT molecular complexity index is 559. The van der Waals surface area contributed by atoms with E-state index in [0.717, 1.165) is 0 Å². The number of nitrogens with zero attached hydrogens (tertiary/aromatic N) is 3. The maximum absolute atomic E-state index is 12.5. The molecule has 1 aliphatic rings. The molecule has 1 aromatic rings. The zero-order chi connectivity index (χ0) is 17.2. The number of anilines is 1. The Kier molecular flexibility index (Phi) is 5.18. The van der Waals surface area contributed by atoms with Gasteiger partial charge in [0.15, 0.2) is 5.76 Å². The Labute approximate surface area is 132 Å². The van der Waals surface area contributed by atoms with E-state index in [1.807, 2.05) is 6.92 Å². The molecule has 9 heteroatoms. The SMILES string of the molecule is CCc1onc(C)c1NC(=O)N1CCN(CC(F)(F)F)C(C)C1. The van der Waals surface area contributed by atoms with Crippen molar-refractivity contribution in [3.8, 4) is 0 Å². The fourth-order valence-electron chi connectivity index (χ4n) is 2.65. The molecule has 0 radical (unpaired) electrons. The Hall–Kier alpha value is -1.77. The molecule has 0 aromatic carbocycles. The minimum atomic E-state index is -4.23. The number of hydrogen-bond donors (Lipinski definition) is 1. The lowest BCUT2D eigenvalue weighted by atomic mass is 10.2. The van der Waals surface area contributed by atoms with Gasteiger partial charge in [-0.1, -0.05) is 12.1 Å². The van der Waals surface area contributed by atoms with Gasteiger partial charge in [-0.3, -0.25) is 4.90 Å². The van der Waals surface area contributed by atoms with Gasteiger partial charge in [0, 0.05) is 32.1 Å². The van der Waals surface area contributed by atoms with Crippen molar-refractivity contribution < 1.29 is 22.5 Å². The van der Waals surface area contributed by atoms with E-state index in [-0.39, 0.29) is 31.7 Å². The van der Waals surface area contributed by atoms with E-state index in [2.05, 4.69) is 10.5 Å². The second-order valence-corrected chi connectivity index (χ2v) is 5.73. The van der Waals surface area contributed by atoms with Crippen molar-refractivity contribution in [3.05, 3.63) is 11.5 Å². The van der Waals surface area contributed by atoms with Crippen LogP contribution in [0.3, 0.4) is 0 Å². The van der Waals surface area contributed by atoms with Gasteiger partial charge >= 0.3 is 12.2 Å². The lowest BCUT2D eigenvalue weighted by Gasteiger charge is -2.39. The minimum Gasteiger partial charge on any atom is -0.359 e. The molecule has 1 unspecified atom stereocenters. The average Bonchev–Trinajstić information content (AvgIpc) is 2.80. The highest BCUT2D eigenvalue weighted by molar-refractivity contribution is 5.90. The molecule has 130 valence electrons. The summed E-state index contributed by atoms with van der Waals surface area (Å²) in [7, 11) is 0. The number of aromatic nitrogens is 1. The predicted molar refractivity (Wildman–Crippen MR) is 78.3 cm³/mol. The van der Waals surface area contributed by atoms with Gasteiger partial charge in [-0.25, -0.2) is 4.79 Å². The maximum Gasteiger partial charge on any atom is 0.401 e. The topological polar surface area (TPSA) is 61.6 Å². The van der Waals surface area contributed by atoms with Crippen molar-refractivity contribution in [2.45, 2.75) is 39.4 Å². The zero-order valence-electron chi connectivity index (χ0n) is 13.4. The van der Waals surface area contributed by atoms with Crippen molar-refractivity contribution in [3.63, 3.8) is 0 Å². The van der Waals surface area contributed by atoms with Crippen LogP contribution in [-0.2, 0) is 6.42 Å². The van der Waals surface area contributed by atoms with Gasteiger partial charge in [-0.05, 0) is 13.8 Å². The summed E-state index contributed by atoms with van der Waals surface area (Å²) in [5.41, 5.74) is 1.13. The highest BCUT2D eigenvalue weighted by Crippen LogP contribution is 2.23. The molecule has 2 rings (SSSR count). The third kappa shape index (κ3) is 4.37. The lowest BCUT2D eigenvalue weighted by Crippen LogP contribution is -2.56. The smallest absolute Gasteiger partial charge is 0.359 e. The number of amides is 2. The number of carbonyl (C=O) groups excluding carboxylic acids is 1. The van der Waals surface area contributed by atoms with Crippen LogP contribution in [0.5, 0.6) is 0 Å². The summed E-state index contributed by atoms with van der Waals surface area (Å²) in [4.78, 5) is 15.2. The minimum absolute atomic E-state index is 0.192. The summed E-state index contributed by atoms with van der Waals surface area (Å²) in [6.45, 7) is 5.03. The summed E-state index contributed by atoms with van der Waals surface area (Å²) in [6, 6.07) is -0.699. The highest BCUT2D eigenvalue weighted by Gasteiger charge is 2.36. The van der Waals surface area contributed by atoms with Gasteiger partial charge < -0.3 is 14.7 Å². The van der Waals surface area contributed by atoms with Crippen LogP contribution in [-0.4, -0.2) is 59.4 Å². The summed E-state index contributed by atoms with van der Waals surface area (Å²) in [5.74, 6) is 0.583. The number of aryl methyl sites for hydroxylation is 2. The standard InChI is InChI=1S/C14H21F3N4O2/c1-4-11-12(10(3)19-23-11)18-13(22)20-5-6-21(9(2)7-20)8-14(15,16)17/h9H,4-8H2,1-3H3,(H,18,22). The van der Waals surface area contributed by atoms with Crippen LogP contribution < -0.4 is 5.32 Å². The van der Waals surface area contributed by atoms with Gasteiger partial charge in [0.05, 0.1) is 6.54 Å². The van der Waals surface area contributed by atoms with E-state index in [0.29, 0.717) is 23.6 Å². The molecule has 0 bridgehead atoms. The van der Waals surface area contributed by atoms with E-state index in [1.54, 1.807) is 13.8 Å². The molecular formula is C14H21F3N4O2. The maximum atomic E-state index is 12.5. The van der Waals surface area contributed by atoms with Gasteiger partial charge in [-0.2, -0.15) is 13.2 Å². The second-order valence-electron chi connectivity index (χ2n) is 5.73. The molecule has 1 fully saturated rings. The normalized spacial score (nSPS) is 19.9. The first kappa shape index (κ1) is 17.6. The van der Waals surface area contributed by atoms with Crippen LogP contribution in [0.1, 0.15) is 25.3 Å². The molecule has 2 amide bonds. The Morgan fingerprint density at radius 1 is 1.43 bits per heavy atom. The number of hydrogen-bond acceptors (Lipinski definition) is 4. The lowest BCUT2D eigenvalue weighted by molar-refractivity contribution is -0.153. The monoisotopic (exact) mass is 334 g/mol. The fraction of sp³-hybridized carbons (Fsp3) is 0.714. The van der Waals surface area contributed by atoms with E-state index in [1.165, 1.54) is 9.80 Å². The molecule has 0 saturated carbocycles. The molecule has 23 heavy (non-hydrogen) atoms. The number of urea groups is 1. The molecule has 2 heterocycles. The number of piperazine rings is 1. The number of alkyl halides is 3. The van der Waals surface area contributed by atoms with Crippen LogP contribution in [0, 0.1) is 6.92 Å². The van der Waals surface area contributed by atoms with Crippen molar-refractivity contribution in [2.75, 3.05) is 31.5 Å². The van der Waals surface area contributed by atoms with Crippen LogP contribution in [0.2, 0.25) is 0 Å². The van der Waals surface area contributed by atoms with Crippen molar-refractivity contribution in [1.82, 2.24) is 15.0 Å². The summed E-state index contributed by atoms with van der Waals surface area (Å²) >= 11 is 0. The molecular weight excluding hydrogens is 313 g/mol. The summed E-state index contributed by atoms with van der Waals surface area (Å²) in [5, 5.41) is 6.56. The number of rotatable bonds is 3. The Balaban J connectivity index is 1.96. The molecule has 1 aliphatic heterocycles. The number of halogens is 3. The first-order valence-corrected chi connectivity index (χ1v) is 7.53. The van der Waals surface area contributed by atoms with Gasteiger partial charge in [0.2, 0.25) is 0 Å². The molecule has 1 atom stereocenters. The van der Waals surface area contributed by atoms with Crippen molar-refractivity contribution in [1.29, 1.82) is 0 Å². The summed E-state index contributed by atoms with van der Waals surface area (Å²) < 4.78 is 42.6. The molecule has 1 saturated heterocycles. The third-order valence-electron chi connectivity index (χ3n) is 3.92. The van der Waals surface area contributed by atoms with E-state index < -0.39 is 12.7 Å². The predicted octanol–water partition coefficient (Wildman–Crippen LogP) is 2.65. The first-order valence-electron chi connectivity index (χ1n) is 7.53. The molecule has 6 nitrogen and oxygen atoms in total. The second kappa shape index (κ2) is 6.77. The molecule has 1 aromatic heterocycles. The average molecular weight is 334 g/mol. The van der Waals surface area contributed by atoms with Crippen LogP contribution in [0.15, 0.2) is 4.52 Å². The largest absolute Gasteiger partial charge is 0.401 e. The molecule has 0 aliphatic carbocycles. The third-order valence-corrected chi connectivity index (χ3v) is 3.92. The van der Waals surface area contributed by atoms with Crippen LogP contribution in [0.25, 0.3) is 0 Å². The van der Waals surface area contributed by atoms with Crippen molar-refractivity contribution in [2.24, 2.45) is 0 Å². The fourth-order valence-corrected chi connectivity index (χ4v) is 2.65. The van der Waals surface area contributed by atoms with Crippen LogP contribution >= 0.6 is 0 Å². The van der Waals surface area contributed by atoms with Crippen molar-refractivity contribution >= 4 is 11.7 Å². The summed E-state index contributed by atoms with van der Waals surface area (Å²) in [6.07, 6.45) is -3.64. The van der Waals surface area contributed by atoms with Gasteiger partial charge in [0.1, 0.15) is 11.4 Å². The molecule has 1 N–H and O–H groups in total.